The third kappa shape index (κ3) is 7.37. The van der Waals surface area contributed by atoms with Gasteiger partial charge in [-0.1, -0.05) is 33.6 Å². The smallest absolute Gasteiger partial charge is 0.312 e. The second kappa shape index (κ2) is 11.6. The summed E-state index contributed by atoms with van der Waals surface area (Å²) in [4.78, 5) is 17.6. The first kappa shape index (κ1) is 32.4. The van der Waals surface area contributed by atoms with E-state index in [2.05, 4.69) is 20.3 Å². The number of nitrogens with zero attached hydrogens (tertiary/aromatic N) is 2. The van der Waals surface area contributed by atoms with Crippen LogP contribution < -0.4 is 0 Å². The van der Waals surface area contributed by atoms with Crippen molar-refractivity contribution < 1.29 is 30.7 Å². The van der Waals surface area contributed by atoms with Crippen molar-refractivity contribution >= 4 is 47.5 Å². The van der Waals surface area contributed by atoms with Gasteiger partial charge < -0.3 is 4.74 Å². The van der Waals surface area contributed by atoms with Gasteiger partial charge in [0, 0.05) is 15.7 Å². The Bertz CT molecular complexity index is 1540. The molecular weight excluding hydrogens is 623 g/mol. The average molecular weight is 660 g/mol. The van der Waals surface area contributed by atoms with Gasteiger partial charge in [-0.05, 0) is 78.8 Å². The predicted octanol–water partition coefficient (Wildman–Crippen LogP) is 5.95. The van der Waals surface area contributed by atoms with E-state index in [-0.39, 0.29) is 41.5 Å². The van der Waals surface area contributed by atoms with Gasteiger partial charge in [-0.15, -0.1) is 0 Å². The number of esters is 1. The molecule has 0 aromatic heterocycles. The number of hydrogen-bond donors (Lipinski definition) is 0. The van der Waals surface area contributed by atoms with E-state index >= 15 is 4.39 Å². The zero-order valence-corrected chi connectivity index (χ0v) is 27.0. The Morgan fingerprint density at radius 2 is 1.77 bits per heavy atom. The van der Waals surface area contributed by atoms with E-state index in [1.165, 1.54) is 18.2 Å². The van der Waals surface area contributed by atoms with E-state index in [1.54, 1.807) is 65.8 Å². The maximum atomic E-state index is 15.1. The Morgan fingerprint density at radius 3 is 2.38 bits per heavy atom. The SMILES string of the molecule is Cc1ccc(S(=O)(=O)OCCN=[S@@]2(=O)C[C@@](C)(c3cc(Br)ccc3F)N=C(CC(=O)OC(C)(C)C)C2(C)C)cc1. The minimum Gasteiger partial charge on any atom is -0.460 e. The first-order valence-corrected chi connectivity index (χ1v) is 16.6. The summed E-state index contributed by atoms with van der Waals surface area (Å²) < 4.78 is 69.4. The monoisotopic (exact) mass is 658 g/mol. The second-order valence-electron chi connectivity index (χ2n) is 11.5. The van der Waals surface area contributed by atoms with Crippen LogP contribution in [-0.2, 0) is 39.1 Å². The first-order chi connectivity index (χ1) is 18.3. The summed E-state index contributed by atoms with van der Waals surface area (Å²) in [5.74, 6) is -1.25. The zero-order valence-electron chi connectivity index (χ0n) is 23.8. The molecule has 2 aromatic rings. The standard InChI is InChI=1S/C28H36BrFN2O6S2/c1-19-8-11-21(12-9-19)40(35,36)37-15-14-31-39(34)18-28(7,22-16-20(29)10-13-23(22)30)32-24(27(39,5)6)17-25(33)38-26(2,3)4/h8-13,16H,14-15,17-18H2,1-7H3/t28-,39+/m0/s1. The molecular formula is C28H36BrFN2O6S2. The quantitative estimate of drug-likeness (QED) is 0.197. The third-order valence-electron chi connectivity index (χ3n) is 6.53. The Hall–Kier alpha value is -2.15. The molecule has 2 atom stereocenters. The molecule has 2 aromatic carbocycles. The molecule has 3 rings (SSSR count). The highest BCUT2D eigenvalue weighted by atomic mass is 79.9. The van der Waals surface area contributed by atoms with Gasteiger partial charge in [0.1, 0.15) is 11.4 Å². The predicted molar refractivity (Wildman–Crippen MR) is 158 cm³/mol. The minimum absolute atomic E-state index is 0.00441. The van der Waals surface area contributed by atoms with Crippen LogP contribution in [0.2, 0.25) is 0 Å². The van der Waals surface area contributed by atoms with Gasteiger partial charge in [-0.3, -0.25) is 14.0 Å². The van der Waals surface area contributed by atoms with Crippen molar-refractivity contribution in [3.8, 4) is 0 Å². The van der Waals surface area contributed by atoms with Crippen molar-refractivity contribution in [3.05, 3.63) is 63.9 Å². The summed E-state index contributed by atoms with van der Waals surface area (Å²) in [7, 11) is -7.29. The largest absolute Gasteiger partial charge is 0.460 e. The van der Waals surface area contributed by atoms with Gasteiger partial charge >= 0.3 is 5.97 Å². The highest BCUT2D eigenvalue weighted by molar-refractivity contribution is 9.10. The molecule has 0 unspecified atom stereocenters. The molecule has 0 N–H and O–H groups in total. The Labute approximate surface area is 245 Å². The van der Waals surface area contributed by atoms with Gasteiger partial charge in [-0.25, -0.2) is 13.0 Å². The molecule has 0 fully saturated rings. The van der Waals surface area contributed by atoms with Crippen molar-refractivity contribution in [2.45, 2.75) is 75.7 Å². The van der Waals surface area contributed by atoms with Gasteiger partial charge in [0.25, 0.3) is 10.1 Å². The lowest BCUT2D eigenvalue weighted by molar-refractivity contribution is -0.153. The molecule has 0 saturated heterocycles. The first-order valence-electron chi connectivity index (χ1n) is 12.7. The lowest BCUT2D eigenvalue weighted by Crippen LogP contribution is -2.52. The maximum Gasteiger partial charge on any atom is 0.312 e. The van der Waals surface area contributed by atoms with Crippen LogP contribution in [0.15, 0.2) is 61.2 Å². The molecule has 220 valence electrons. The van der Waals surface area contributed by atoms with E-state index in [9.17, 15) is 17.4 Å². The summed E-state index contributed by atoms with van der Waals surface area (Å²) >= 11 is 3.36. The molecule has 0 bridgehead atoms. The maximum absolute atomic E-state index is 15.1. The number of carbonyl (C=O) groups is 1. The summed E-state index contributed by atoms with van der Waals surface area (Å²) in [5.41, 5.74) is -0.714. The van der Waals surface area contributed by atoms with Crippen LogP contribution in [0.1, 0.15) is 59.1 Å². The van der Waals surface area contributed by atoms with Crippen LogP contribution in [-0.4, -0.2) is 53.6 Å². The highest BCUT2D eigenvalue weighted by Crippen LogP contribution is 2.41. The zero-order chi connectivity index (χ0) is 30.1. The molecule has 1 aliphatic heterocycles. The van der Waals surface area contributed by atoms with E-state index in [0.717, 1.165) is 5.56 Å². The number of carbonyl (C=O) groups excluding carboxylic acids is 1. The molecule has 0 aliphatic carbocycles. The van der Waals surface area contributed by atoms with Crippen LogP contribution >= 0.6 is 15.9 Å². The number of ether oxygens (including phenoxy) is 1. The fraction of sp³-hybridized carbons (Fsp3) is 0.500. The molecule has 1 aliphatic rings. The van der Waals surface area contributed by atoms with Crippen LogP contribution in [0.4, 0.5) is 4.39 Å². The number of benzene rings is 2. The van der Waals surface area contributed by atoms with Crippen LogP contribution in [0.5, 0.6) is 0 Å². The molecule has 0 spiro atoms. The summed E-state index contributed by atoms with van der Waals surface area (Å²) in [5, 5.41) is 0. The summed E-state index contributed by atoms with van der Waals surface area (Å²) in [6.45, 7) is 11.5. The molecule has 1 heterocycles. The lowest BCUT2D eigenvalue weighted by atomic mass is 9.92. The molecule has 12 heteroatoms. The molecule has 0 amide bonds. The van der Waals surface area contributed by atoms with Crippen LogP contribution in [0.3, 0.4) is 0 Å². The summed E-state index contributed by atoms with van der Waals surface area (Å²) in [6, 6.07) is 10.6. The van der Waals surface area contributed by atoms with Crippen molar-refractivity contribution in [2.24, 2.45) is 9.36 Å². The van der Waals surface area contributed by atoms with Crippen molar-refractivity contribution in [1.29, 1.82) is 0 Å². The van der Waals surface area contributed by atoms with Gasteiger partial charge in [0.2, 0.25) is 0 Å². The van der Waals surface area contributed by atoms with E-state index < -0.39 is 47.5 Å². The van der Waals surface area contributed by atoms with Crippen molar-refractivity contribution in [1.82, 2.24) is 0 Å². The Balaban J connectivity index is 1.99. The molecule has 8 nitrogen and oxygen atoms in total. The molecule has 40 heavy (non-hydrogen) atoms. The van der Waals surface area contributed by atoms with E-state index in [0.29, 0.717) is 4.47 Å². The van der Waals surface area contributed by atoms with Crippen LogP contribution in [0.25, 0.3) is 0 Å². The van der Waals surface area contributed by atoms with Gasteiger partial charge in [0.15, 0.2) is 0 Å². The van der Waals surface area contributed by atoms with E-state index in [1.807, 2.05) is 6.92 Å². The Kier molecular flexibility index (Phi) is 9.40. The molecule has 0 saturated carbocycles. The van der Waals surface area contributed by atoms with Crippen molar-refractivity contribution in [2.75, 3.05) is 18.9 Å². The normalized spacial score (nSPS) is 22.9. The summed E-state index contributed by atoms with van der Waals surface area (Å²) in [6.07, 6.45) is -0.264. The lowest BCUT2D eigenvalue weighted by Gasteiger charge is -2.42. The average Bonchev–Trinajstić information content (AvgIpc) is 2.81. The second-order valence-corrected chi connectivity index (χ2v) is 16.8. The fourth-order valence-electron chi connectivity index (χ4n) is 4.34. The topological polar surface area (TPSA) is 111 Å². The van der Waals surface area contributed by atoms with Crippen LogP contribution in [0, 0.1) is 12.7 Å². The Morgan fingerprint density at radius 1 is 1.15 bits per heavy atom. The number of aryl methyl sites for hydroxylation is 1. The highest BCUT2D eigenvalue weighted by Gasteiger charge is 2.49. The van der Waals surface area contributed by atoms with Gasteiger partial charge in [-0.2, -0.15) is 8.42 Å². The number of aliphatic imine (C=N–C) groups is 1. The third-order valence-corrected chi connectivity index (χ3v) is 11.7. The number of halogens is 2. The van der Waals surface area contributed by atoms with Crippen molar-refractivity contribution in [3.63, 3.8) is 0 Å². The van der Waals surface area contributed by atoms with Gasteiger partial charge in [0.05, 0.1) is 50.2 Å². The number of rotatable bonds is 8. The minimum atomic E-state index is -4.04. The van der Waals surface area contributed by atoms with E-state index in [4.69, 9.17) is 13.9 Å². The fourth-order valence-corrected chi connectivity index (χ4v) is 8.21. The molecule has 0 radical (unpaired) electrons. The number of hydrogen-bond acceptors (Lipinski definition) is 8.